The van der Waals surface area contributed by atoms with Crippen molar-refractivity contribution in [2.75, 3.05) is 7.05 Å². The minimum Gasteiger partial charge on any atom is -0.489 e. The van der Waals surface area contributed by atoms with Gasteiger partial charge >= 0.3 is 0 Å². The summed E-state index contributed by atoms with van der Waals surface area (Å²) >= 11 is 0. The first-order valence-electron chi connectivity index (χ1n) is 8.18. The molecule has 3 heteroatoms. The number of likely N-dealkylation sites (N-methyl/N-ethyl adjacent to an activating group) is 1. The third-order valence-electron chi connectivity index (χ3n) is 3.85. The number of rotatable bonds is 9. The van der Waals surface area contributed by atoms with Crippen LogP contribution in [0.25, 0.3) is 0 Å². The fourth-order valence-electron chi connectivity index (χ4n) is 2.50. The van der Waals surface area contributed by atoms with Gasteiger partial charge in [0.1, 0.15) is 18.1 Å². The van der Waals surface area contributed by atoms with E-state index in [-0.39, 0.29) is 11.8 Å². The number of ketones is 1. The fraction of sp³-hybridized carbons (Fsp3) is 0.350. The Labute approximate surface area is 138 Å². The molecule has 2 aromatic carbocycles. The molecule has 0 aliphatic carbocycles. The number of carbonyl (C=O) groups excluding carboxylic acids is 1. The Morgan fingerprint density at radius 2 is 1.74 bits per heavy atom. The minimum absolute atomic E-state index is 0.106. The molecule has 0 amide bonds. The Morgan fingerprint density at radius 1 is 1.04 bits per heavy atom. The van der Waals surface area contributed by atoms with Crippen LogP contribution in [0, 0.1) is 0 Å². The van der Waals surface area contributed by atoms with Gasteiger partial charge < -0.3 is 10.1 Å². The average molecular weight is 311 g/mol. The smallest absolute Gasteiger partial charge is 0.150 e. The molecule has 122 valence electrons. The van der Waals surface area contributed by atoms with E-state index in [9.17, 15) is 4.79 Å². The van der Waals surface area contributed by atoms with E-state index >= 15 is 0 Å². The van der Waals surface area contributed by atoms with Crippen molar-refractivity contribution < 1.29 is 9.53 Å². The van der Waals surface area contributed by atoms with Crippen LogP contribution in [0.3, 0.4) is 0 Å². The molecule has 0 aromatic heterocycles. The summed E-state index contributed by atoms with van der Waals surface area (Å²) in [5.74, 6) is 1.12. The Balaban J connectivity index is 1.89. The summed E-state index contributed by atoms with van der Waals surface area (Å²) in [6.45, 7) is 2.60. The van der Waals surface area contributed by atoms with Gasteiger partial charge in [-0.1, -0.05) is 49.4 Å². The van der Waals surface area contributed by atoms with Gasteiger partial charge in [-0.05, 0) is 43.1 Å². The normalized spacial score (nSPS) is 11.9. The lowest BCUT2D eigenvalue weighted by Crippen LogP contribution is -2.35. The van der Waals surface area contributed by atoms with Crippen LogP contribution in [-0.4, -0.2) is 18.9 Å². The first-order valence-corrected chi connectivity index (χ1v) is 8.18. The monoisotopic (exact) mass is 311 g/mol. The van der Waals surface area contributed by atoms with E-state index in [4.69, 9.17) is 4.74 Å². The Kier molecular flexibility index (Phi) is 6.82. The third-order valence-corrected chi connectivity index (χ3v) is 3.85. The third kappa shape index (κ3) is 5.53. The van der Waals surface area contributed by atoms with Crippen LogP contribution in [-0.2, 0) is 17.8 Å². The van der Waals surface area contributed by atoms with Crippen molar-refractivity contribution in [3.8, 4) is 5.75 Å². The molecule has 23 heavy (non-hydrogen) atoms. The van der Waals surface area contributed by atoms with Crippen LogP contribution in [0.2, 0.25) is 0 Å². The average Bonchev–Trinajstić information content (AvgIpc) is 2.60. The van der Waals surface area contributed by atoms with Crippen molar-refractivity contribution in [2.45, 2.75) is 38.8 Å². The molecular formula is C20H25NO2. The molecule has 0 bridgehead atoms. The zero-order valence-corrected chi connectivity index (χ0v) is 13.9. The van der Waals surface area contributed by atoms with Crippen LogP contribution in [0.5, 0.6) is 5.75 Å². The second kappa shape index (κ2) is 9.11. The Hall–Kier alpha value is -2.13. The molecule has 0 unspecified atom stereocenters. The molecule has 1 N–H and O–H groups in total. The number of hydrogen-bond donors (Lipinski definition) is 1. The van der Waals surface area contributed by atoms with Gasteiger partial charge in [0.25, 0.3) is 0 Å². The van der Waals surface area contributed by atoms with Crippen LogP contribution >= 0.6 is 0 Å². The maximum absolute atomic E-state index is 12.0. The van der Waals surface area contributed by atoms with E-state index in [1.54, 1.807) is 0 Å². The van der Waals surface area contributed by atoms with Crippen molar-refractivity contribution in [3.63, 3.8) is 0 Å². The minimum atomic E-state index is -0.106. The van der Waals surface area contributed by atoms with Crippen molar-refractivity contribution >= 4 is 5.78 Å². The Morgan fingerprint density at radius 3 is 2.35 bits per heavy atom. The van der Waals surface area contributed by atoms with Gasteiger partial charge in [-0.3, -0.25) is 4.79 Å². The van der Waals surface area contributed by atoms with E-state index < -0.39 is 0 Å². The number of ether oxygens (including phenoxy) is 1. The zero-order valence-electron chi connectivity index (χ0n) is 13.9. The number of Topliss-reactive ketones (excluding diaryl/α,β-unsaturated/α-hetero) is 1. The lowest BCUT2D eigenvalue weighted by molar-refractivity contribution is -0.120. The summed E-state index contributed by atoms with van der Waals surface area (Å²) in [4.78, 5) is 12.0. The highest BCUT2D eigenvalue weighted by Crippen LogP contribution is 2.16. The molecule has 2 aromatic rings. The molecule has 0 fully saturated rings. The first-order chi connectivity index (χ1) is 11.2. The van der Waals surface area contributed by atoms with Crippen LogP contribution in [0.15, 0.2) is 54.6 Å². The zero-order chi connectivity index (χ0) is 16.5. The van der Waals surface area contributed by atoms with Crippen molar-refractivity contribution in [2.24, 2.45) is 0 Å². The Bertz CT molecular complexity index is 593. The molecule has 0 spiro atoms. The summed E-state index contributed by atoms with van der Waals surface area (Å²) in [6.07, 6.45) is 2.24. The van der Waals surface area contributed by atoms with Gasteiger partial charge in [0.15, 0.2) is 0 Å². The van der Waals surface area contributed by atoms with Crippen LogP contribution in [0.4, 0.5) is 0 Å². The van der Waals surface area contributed by atoms with Crippen LogP contribution < -0.4 is 10.1 Å². The molecule has 0 radical (unpaired) electrons. The summed E-state index contributed by atoms with van der Waals surface area (Å²) in [5.41, 5.74) is 2.29. The van der Waals surface area contributed by atoms with Gasteiger partial charge in [-0.25, -0.2) is 0 Å². The van der Waals surface area contributed by atoms with Gasteiger partial charge in [-0.2, -0.15) is 0 Å². The standard InChI is InChI=1S/C20H25NO2/c1-3-7-20(22)19(21-2)14-16-10-12-18(13-11-16)23-15-17-8-5-4-6-9-17/h4-6,8-13,19,21H,3,7,14-15H2,1-2H3/t19-/m1/s1. The molecule has 1 atom stereocenters. The summed E-state index contributed by atoms with van der Waals surface area (Å²) < 4.78 is 5.78. The maximum Gasteiger partial charge on any atom is 0.150 e. The quantitative estimate of drug-likeness (QED) is 0.766. The molecular weight excluding hydrogens is 286 g/mol. The van der Waals surface area contributed by atoms with Gasteiger partial charge in [0, 0.05) is 6.42 Å². The fourth-order valence-corrected chi connectivity index (χ4v) is 2.50. The van der Waals surface area contributed by atoms with E-state index in [0.717, 1.165) is 23.3 Å². The largest absolute Gasteiger partial charge is 0.489 e. The highest BCUT2D eigenvalue weighted by molar-refractivity contribution is 5.84. The highest BCUT2D eigenvalue weighted by atomic mass is 16.5. The highest BCUT2D eigenvalue weighted by Gasteiger charge is 2.15. The summed E-state index contributed by atoms with van der Waals surface area (Å²) in [7, 11) is 1.84. The van der Waals surface area contributed by atoms with Gasteiger partial charge in [0.05, 0.1) is 6.04 Å². The number of benzene rings is 2. The lowest BCUT2D eigenvalue weighted by atomic mass is 10.00. The van der Waals surface area contributed by atoms with E-state index in [1.807, 2.05) is 68.6 Å². The van der Waals surface area contributed by atoms with Crippen molar-refractivity contribution in [3.05, 3.63) is 65.7 Å². The first kappa shape index (κ1) is 17.2. The predicted molar refractivity (Wildman–Crippen MR) is 93.7 cm³/mol. The number of nitrogens with one attached hydrogen (secondary N) is 1. The number of carbonyl (C=O) groups is 1. The van der Waals surface area contributed by atoms with Crippen molar-refractivity contribution in [1.29, 1.82) is 0 Å². The van der Waals surface area contributed by atoms with Crippen molar-refractivity contribution in [1.82, 2.24) is 5.32 Å². The molecule has 3 nitrogen and oxygen atoms in total. The predicted octanol–water partition coefficient (Wildman–Crippen LogP) is 3.77. The lowest BCUT2D eigenvalue weighted by Gasteiger charge is -2.15. The summed E-state index contributed by atoms with van der Waals surface area (Å²) in [6, 6.07) is 18.0. The molecule has 0 saturated heterocycles. The molecule has 0 saturated carbocycles. The van der Waals surface area contributed by atoms with E-state index in [2.05, 4.69) is 5.32 Å². The summed E-state index contributed by atoms with van der Waals surface area (Å²) in [5, 5.41) is 3.12. The molecule has 0 aliphatic heterocycles. The van der Waals surface area contributed by atoms with E-state index in [1.165, 1.54) is 0 Å². The molecule has 2 rings (SSSR count). The molecule has 0 heterocycles. The SMILES string of the molecule is CCCC(=O)[C@@H](Cc1ccc(OCc2ccccc2)cc1)NC. The second-order valence-electron chi connectivity index (χ2n) is 5.68. The van der Waals surface area contributed by atoms with Gasteiger partial charge in [-0.15, -0.1) is 0 Å². The second-order valence-corrected chi connectivity index (χ2v) is 5.68. The van der Waals surface area contributed by atoms with E-state index in [0.29, 0.717) is 19.4 Å². The van der Waals surface area contributed by atoms with Crippen LogP contribution in [0.1, 0.15) is 30.9 Å². The topological polar surface area (TPSA) is 38.3 Å². The molecule has 0 aliphatic rings. The number of hydrogen-bond acceptors (Lipinski definition) is 3. The van der Waals surface area contributed by atoms with Gasteiger partial charge in [0.2, 0.25) is 0 Å². The maximum atomic E-state index is 12.0.